The summed E-state index contributed by atoms with van der Waals surface area (Å²) in [7, 11) is 0. The van der Waals surface area contributed by atoms with Crippen molar-refractivity contribution in [3.05, 3.63) is 47.8 Å². The van der Waals surface area contributed by atoms with Gasteiger partial charge in [0.1, 0.15) is 11.7 Å². The fourth-order valence-electron chi connectivity index (χ4n) is 4.38. The Hall–Kier alpha value is -4.02. The van der Waals surface area contributed by atoms with Crippen LogP contribution in [-0.2, 0) is 14.3 Å². The SMILES string of the molecule is CCOC(=O)N1CCN(C(=O)C(CCCC(=O)O)NC(=O)c2cc(C3CC3)nc(-c3ccccc3)n2)CC1. The molecule has 1 saturated carbocycles. The van der Waals surface area contributed by atoms with E-state index in [-0.39, 0.29) is 43.4 Å². The number of hydrogen-bond donors (Lipinski definition) is 2. The Morgan fingerprint density at radius 2 is 1.74 bits per heavy atom. The summed E-state index contributed by atoms with van der Waals surface area (Å²) in [5, 5.41) is 11.9. The molecule has 1 unspecified atom stereocenters. The summed E-state index contributed by atoms with van der Waals surface area (Å²) in [5.41, 5.74) is 1.76. The molecule has 1 aromatic carbocycles. The first-order chi connectivity index (χ1) is 18.4. The van der Waals surface area contributed by atoms with E-state index >= 15 is 0 Å². The smallest absolute Gasteiger partial charge is 0.409 e. The number of carboxylic acids is 1. The van der Waals surface area contributed by atoms with Crippen LogP contribution in [0.15, 0.2) is 36.4 Å². The van der Waals surface area contributed by atoms with Gasteiger partial charge < -0.3 is 25.0 Å². The number of hydrogen-bond acceptors (Lipinski definition) is 7. The van der Waals surface area contributed by atoms with Crippen LogP contribution < -0.4 is 5.32 Å². The first kappa shape index (κ1) is 27.0. The molecule has 11 heteroatoms. The van der Waals surface area contributed by atoms with Gasteiger partial charge in [0.25, 0.3) is 5.91 Å². The monoisotopic (exact) mass is 523 g/mol. The summed E-state index contributed by atoms with van der Waals surface area (Å²) in [6.07, 6.45) is 1.85. The number of piperazine rings is 1. The van der Waals surface area contributed by atoms with Crippen LogP contribution in [0.25, 0.3) is 11.4 Å². The van der Waals surface area contributed by atoms with Crippen molar-refractivity contribution in [1.82, 2.24) is 25.1 Å². The first-order valence-corrected chi connectivity index (χ1v) is 13.0. The largest absolute Gasteiger partial charge is 0.481 e. The Labute approximate surface area is 221 Å². The van der Waals surface area contributed by atoms with E-state index in [0.29, 0.717) is 32.0 Å². The zero-order chi connectivity index (χ0) is 27.1. The van der Waals surface area contributed by atoms with Gasteiger partial charge in [-0.3, -0.25) is 14.4 Å². The fourth-order valence-corrected chi connectivity index (χ4v) is 4.38. The molecule has 1 atom stereocenters. The maximum Gasteiger partial charge on any atom is 0.409 e. The minimum absolute atomic E-state index is 0.117. The Bertz CT molecular complexity index is 1160. The molecule has 0 bridgehead atoms. The lowest BCUT2D eigenvalue weighted by molar-refractivity contribution is -0.138. The molecule has 2 N–H and O–H groups in total. The highest BCUT2D eigenvalue weighted by Gasteiger charge is 2.32. The van der Waals surface area contributed by atoms with E-state index in [4.69, 9.17) is 9.84 Å². The summed E-state index contributed by atoms with van der Waals surface area (Å²) >= 11 is 0. The predicted octanol–water partition coefficient (Wildman–Crippen LogP) is 2.67. The second-order valence-corrected chi connectivity index (χ2v) is 9.47. The average molecular weight is 524 g/mol. The van der Waals surface area contributed by atoms with Crippen LogP contribution >= 0.6 is 0 Å². The number of benzene rings is 1. The number of carboxylic acid groups (broad SMARTS) is 1. The summed E-state index contributed by atoms with van der Waals surface area (Å²) in [6, 6.07) is 10.2. The van der Waals surface area contributed by atoms with E-state index in [0.717, 1.165) is 24.1 Å². The molecular weight excluding hydrogens is 490 g/mol. The van der Waals surface area contributed by atoms with Gasteiger partial charge in [-0.15, -0.1) is 0 Å². The quantitative estimate of drug-likeness (QED) is 0.484. The third kappa shape index (κ3) is 7.05. The van der Waals surface area contributed by atoms with Gasteiger partial charge in [-0.1, -0.05) is 30.3 Å². The number of aliphatic carboxylic acids is 1. The van der Waals surface area contributed by atoms with Crippen molar-refractivity contribution in [2.24, 2.45) is 0 Å². The third-order valence-electron chi connectivity index (χ3n) is 6.61. The maximum absolute atomic E-state index is 13.4. The number of nitrogens with zero attached hydrogens (tertiary/aromatic N) is 4. The molecule has 11 nitrogen and oxygen atoms in total. The molecule has 1 aromatic heterocycles. The van der Waals surface area contributed by atoms with Crippen molar-refractivity contribution < 1.29 is 29.0 Å². The highest BCUT2D eigenvalue weighted by molar-refractivity contribution is 5.96. The van der Waals surface area contributed by atoms with E-state index in [1.54, 1.807) is 17.9 Å². The topological polar surface area (TPSA) is 142 Å². The molecule has 0 spiro atoms. The number of amides is 3. The van der Waals surface area contributed by atoms with Crippen LogP contribution in [0.5, 0.6) is 0 Å². The molecule has 2 aromatic rings. The molecule has 2 aliphatic rings. The van der Waals surface area contributed by atoms with Crippen LogP contribution in [0.2, 0.25) is 0 Å². The van der Waals surface area contributed by atoms with E-state index in [2.05, 4.69) is 15.3 Å². The molecule has 202 valence electrons. The molecule has 1 aliphatic carbocycles. The lowest BCUT2D eigenvalue weighted by atomic mass is 10.1. The molecule has 2 fully saturated rings. The van der Waals surface area contributed by atoms with Gasteiger partial charge >= 0.3 is 12.1 Å². The highest BCUT2D eigenvalue weighted by atomic mass is 16.6. The second kappa shape index (κ2) is 12.5. The summed E-state index contributed by atoms with van der Waals surface area (Å²) in [6.45, 7) is 3.22. The molecule has 1 aliphatic heterocycles. The van der Waals surface area contributed by atoms with E-state index in [9.17, 15) is 19.2 Å². The predicted molar refractivity (Wildman–Crippen MR) is 137 cm³/mol. The normalized spacial score (nSPS) is 16.0. The molecule has 0 radical (unpaired) electrons. The standard InChI is InChI=1S/C27H33N5O6/c1-2-38-27(37)32-15-13-31(14-16-32)26(36)20(9-6-10-23(33)34)30-25(35)22-17-21(18-11-12-18)28-24(29-22)19-7-4-3-5-8-19/h3-5,7-8,17-18,20H,2,6,9-16H2,1H3,(H,30,35)(H,33,34). The average Bonchev–Trinajstić information content (AvgIpc) is 3.78. The van der Waals surface area contributed by atoms with Crippen molar-refractivity contribution >= 4 is 23.9 Å². The Balaban J connectivity index is 1.49. The fraction of sp³-hybridized carbons (Fsp3) is 0.481. The molecular formula is C27H33N5O6. The lowest BCUT2D eigenvalue weighted by Gasteiger charge is -2.36. The number of rotatable bonds is 10. The second-order valence-electron chi connectivity index (χ2n) is 9.47. The van der Waals surface area contributed by atoms with Gasteiger partial charge in [0.2, 0.25) is 5.91 Å². The van der Waals surface area contributed by atoms with Crippen molar-refractivity contribution in [2.45, 2.75) is 51.0 Å². The minimum atomic E-state index is -0.969. The van der Waals surface area contributed by atoms with Gasteiger partial charge in [0, 0.05) is 49.8 Å². The number of ether oxygens (including phenoxy) is 1. The van der Waals surface area contributed by atoms with E-state index in [1.165, 1.54) is 4.90 Å². The summed E-state index contributed by atoms with van der Waals surface area (Å²) < 4.78 is 5.03. The van der Waals surface area contributed by atoms with Crippen molar-refractivity contribution in [3.63, 3.8) is 0 Å². The first-order valence-electron chi connectivity index (χ1n) is 13.0. The molecule has 1 saturated heterocycles. The zero-order valence-corrected chi connectivity index (χ0v) is 21.5. The molecule has 4 rings (SSSR count). The minimum Gasteiger partial charge on any atom is -0.481 e. The van der Waals surface area contributed by atoms with Gasteiger partial charge in [-0.05, 0) is 38.7 Å². The lowest BCUT2D eigenvalue weighted by Crippen LogP contribution is -2.56. The maximum atomic E-state index is 13.4. The van der Waals surface area contributed by atoms with Crippen LogP contribution in [0.1, 0.15) is 61.1 Å². The zero-order valence-electron chi connectivity index (χ0n) is 21.5. The van der Waals surface area contributed by atoms with Crippen LogP contribution in [-0.4, -0.2) is 87.6 Å². The highest BCUT2D eigenvalue weighted by Crippen LogP contribution is 2.39. The summed E-state index contributed by atoms with van der Waals surface area (Å²) in [4.78, 5) is 62.2. The van der Waals surface area contributed by atoms with E-state index in [1.807, 2.05) is 30.3 Å². The number of carbonyl (C=O) groups excluding carboxylic acids is 3. The Kier molecular flexibility index (Phi) is 8.88. The Morgan fingerprint density at radius 3 is 2.37 bits per heavy atom. The van der Waals surface area contributed by atoms with Gasteiger partial charge in [0.05, 0.1) is 6.61 Å². The molecule has 38 heavy (non-hydrogen) atoms. The number of aromatic nitrogens is 2. The Morgan fingerprint density at radius 1 is 1.05 bits per heavy atom. The summed E-state index contributed by atoms with van der Waals surface area (Å²) in [5.74, 6) is -1.06. The molecule has 3 amide bonds. The van der Waals surface area contributed by atoms with Crippen molar-refractivity contribution in [3.8, 4) is 11.4 Å². The molecule has 2 heterocycles. The van der Waals surface area contributed by atoms with Crippen molar-refractivity contribution in [2.75, 3.05) is 32.8 Å². The van der Waals surface area contributed by atoms with Gasteiger partial charge in [0.15, 0.2) is 5.82 Å². The van der Waals surface area contributed by atoms with E-state index < -0.39 is 24.0 Å². The van der Waals surface area contributed by atoms with Crippen LogP contribution in [0, 0.1) is 0 Å². The van der Waals surface area contributed by atoms with Gasteiger partial charge in [-0.2, -0.15) is 0 Å². The number of nitrogens with one attached hydrogen (secondary N) is 1. The third-order valence-corrected chi connectivity index (χ3v) is 6.61. The number of carbonyl (C=O) groups is 4. The van der Waals surface area contributed by atoms with Crippen molar-refractivity contribution in [1.29, 1.82) is 0 Å². The van der Waals surface area contributed by atoms with Crippen LogP contribution in [0.3, 0.4) is 0 Å². The van der Waals surface area contributed by atoms with Crippen LogP contribution in [0.4, 0.5) is 4.79 Å². The van der Waals surface area contributed by atoms with Gasteiger partial charge in [-0.25, -0.2) is 14.8 Å².